The Morgan fingerprint density at radius 3 is 1.95 bits per heavy atom. The predicted octanol–water partition coefficient (Wildman–Crippen LogP) is 3.13. The van der Waals surface area contributed by atoms with Crippen LogP contribution in [0.2, 0.25) is 0 Å². The maximum Gasteiger partial charge on any atom is 0.408 e. The summed E-state index contributed by atoms with van der Waals surface area (Å²) in [6.45, 7) is 13.6. The molecular weight excluding hydrogens is 258 g/mol. The number of nitrogens with one attached hydrogen (secondary N) is 1. The van der Waals surface area contributed by atoms with Gasteiger partial charge < -0.3 is 14.8 Å². The maximum absolute atomic E-state index is 11.8. The van der Waals surface area contributed by atoms with Crippen molar-refractivity contribution < 1.29 is 19.1 Å². The molecule has 0 saturated carbocycles. The third-order valence-corrected chi connectivity index (χ3v) is 3.47. The standard InChI is InChI=1S/C15H29NO4/c1-10(2)15(6,7)9-11(12(17)19-8)16-13(18)20-14(3,4)5/h10-11H,9H2,1-8H3,(H,16,18)/t11-/m0/s1. The van der Waals surface area contributed by atoms with Gasteiger partial charge in [-0.25, -0.2) is 9.59 Å². The van der Waals surface area contributed by atoms with Crippen molar-refractivity contribution in [1.29, 1.82) is 0 Å². The molecule has 0 aliphatic carbocycles. The van der Waals surface area contributed by atoms with E-state index in [2.05, 4.69) is 33.0 Å². The van der Waals surface area contributed by atoms with Crippen LogP contribution in [-0.2, 0) is 14.3 Å². The highest BCUT2D eigenvalue weighted by Gasteiger charge is 2.33. The van der Waals surface area contributed by atoms with Gasteiger partial charge in [-0.2, -0.15) is 0 Å². The third-order valence-electron chi connectivity index (χ3n) is 3.47. The van der Waals surface area contributed by atoms with Crippen LogP contribution in [0.3, 0.4) is 0 Å². The molecule has 0 aromatic rings. The molecule has 5 nitrogen and oxygen atoms in total. The van der Waals surface area contributed by atoms with E-state index >= 15 is 0 Å². The molecule has 118 valence electrons. The van der Waals surface area contributed by atoms with E-state index in [1.807, 2.05) is 0 Å². The highest BCUT2D eigenvalue weighted by Crippen LogP contribution is 2.31. The van der Waals surface area contributed by atoms with E-state index in [4.69, 9.17) is 9.47 Å². The van der Waals surface area contributed by atoms with Crippen molar-refractivity contribution in [2.45, 2.75) is 66.5 Å². The highest BCUT2D eigenvalue weighted by molar-refractivity contribution is 5.81. The third kappa shape index (κ3) is 6.78. The van der Waals surface area contributed by atoms with Crippen molar-refractivity contribution in [3.05, 3.63) is 0 Å². The first-order valence-electron chi connectivity index (χ1n) is 6.96. The predicted molar refractivity (Wildman–Crippen MR) is 78.4 cm³/mol. The second kappa shape index (κ2) is 6.95. The van der Waals surface area contributed by atoms with E-state index in [0.717, 1.165) is 0 Å². The molecule has 0 aliphatic heterocycles. The Morgan fingerprint density at radius 2 is 1.60 bits per heavy atom. The van der Waals surface area contributed by atoms with Crippen molar-refractivity contribution in [3.63, 3.8) is 0 Å². The Hall–Kier alpha value is -1.26. The van der Waals surface area contributed by atoms with Crippen LogP contribution in [0.15, 0.2) is 0 Å². The second-order valence-electron chi connectivity index (χ2n) is 7.07. The summed E-state index contributed by atoms with van der Waals surface area (Å²) in [5, 5.41) is 2.60. The van der Waals surface area contributed by atoms with Gasteiger partial charge in [0, 0.05) is 0 Å². The number of carbonyl (C=O) groups is 2. The van der Waals surface area contributed by atoms with Gasteiger partial charge in [-0.1, -0.05) is 27.7 Å². The number of carbonyl (C=O) groups excluding carboxylic acids is 2. The van der Waals surface area contributed by atoms with E-state index < -0.39 is 23.7 Å². The SMILES string of the molecule is COC(=O)[C@H](CC(C)(C)C(C)C)NC(=O)OC(C)(C)C. The van der Waals surface area contributed by atoms with Crippen molar-refractivity contribution >= 4 is 12.1 Å². The second-order valence-corrected chi connectivity index (χ2v) is 7.07. The van der Waals surface area contributed by atoms with Crippen molar-refractivity contribution in [2.75, 3.05) is 7.11 Å². The lowest BCUT2D eigenvalue weighted by Gasteiger charge is -2.33. The highest BCUT2D eigenvalue weighted by atomic mass is 16.6. The monoisotopic (exact) mass is 287 g/mol. The molecule has 5 heteroatoms. The average molecular weight is 287 g/mol. The summed E-state index contributed by atoms with van der Waals surface area (Å²) in [5.41, 5.74) is -0.702. The van der Waals surface area contributed by atoms with Crippen LogP contribution in [0.5, 0.6) is 0 Å². The van der Waals surface area contributed by atoms with E-state index in [0.29, 0.717) is 12.3 Å². The number of ether oxygens (including phenoxy) is 2. The van der Waals surface area contributed by atoms with E-state index in [1.165, 1.54) is 7.11 Å². The van der Waals surface area contributed by atoms with Gasteiger partial charge in [0.15, 0.2) is 0 Å². The Kier molecular flexibility index (Phi) is 6.51. The van der Waals surface area contributed by atoms with Gasteiger partial charge in [-0.15, -0.1) is 0 Å². The van der Waals surface area contributed by atoms with Gasteiger partial charge in [0.05, 0.1) is 7.11 Å². The Balaban J connectivity index is 4.84. The molecule has 0 radical (unpaired) electrons. The van der Waals surface area contributed by atoms with Gasteiger partial charge >= 0.3 is 12.1 Å². The van der Waals surface area contributed by atoms with Crippen LogP contribution in [0.25, 0.3) is 0 Å². The molecule has 0 bridgehead atoms. The molecule has 20 heavy (non-hydrogen) atoms. The van der Waals surface area contributed by atoms with Crippen molar-refractivity contribution in [1.82, 2.24) is 5.32 Å². The number of rotatable bonds is 5. The number of alkyl carbamates (subject to hydrolysis) is 1. The fourth-order valence-electron chi connectivity index (χ4n) is 1.55. The molecule has 0 aromatic carbocycles. The van der Waals surface area contributed by atoms with Crippen LogP contribution in [-0.4, -0.2) is 30.8 Å². The number of amides is 1. The van der Waals surface area contributed by atoms with Crippen LogP contribution >= 0.6 is 0 Å². The first-order valence-corrected chi connectivity index (χ1v) is 6.96. The lowest BCUT2D eigenvalue weighted by atomic mass is 9.76. The largest absolute Gasteiger partial charge is 0.467 e. The summed E-state index contributed by atoms with van der Waals surface area (Å²) in [6, 6.07) is -0.702. The van der Waals surface area contributed by atoms with Gasteiger partial charge in [-0.3, -0.25) is 0 Å². The van der Waals surface area contributed by atoms with Gasteiger partial charge in [-0.05, 0) is 38.5 Å². The first-order chi connectivity index (χ1) is 8.89. The molecule has 0 spiro atoms. The number of methoxy groups -OCH3 is 1. The molecule has 0 unspecified atom stereocenters. The quantitative estimate of drug-likeness (QED) is 0.789. The molecular formula is C15H29NO4. The molecule has 0 aliphatic rings. The van der Waals surface area contributed by atoms with E-state index in [9.17, 15) is 9.59 Å². The number of esters is 1. The minimum atomic E-state index is -0.702. The topological polar surface area (TPSA) is 64.6 Å². The molecule has 0 saturated heterocycles. The van der Waals surface area contributed by atoms with Crippen LogP contribution in [0.1, 0.15) is 54.9 Å². The lowest BCUT2D eigenvalue weighted by Crippen LogP contribution is -2.46. The summed E-state index contributed by atoms with van der Waals surface area (Å²) >= 11 is 0. The fraction of sp³-hybridized carbons (Fsp3) is 0.867. The molecule has 1 amide bonds. The van der Waals surface area contributed by atoms with Crippen LogP contribution < -0.4 is 5.32 Å². The molecule has 1 atom stereocenters. The first kappa shape index (κ1) is 18.7. The molecule has 0 fully saturated rings. The zero-order valence-electron chi connectivity index (χ0n) is 14.0. The van der Waals surface area contributed by atoms with Crippen molar-refractivity contribution in [2.24, 2.45) is 11.3 Å². The minimum absolute atomic E-state index is 0.103. The summed E-state index contributed by atoms with van der Waals surface area (Å²) in [5.74, 6) is -0.0836. The summed E-state index contributed by atoms with van der Waals surface area (Å²) in [4.78, 5) is 23.6. The Labute approximate surface area is 122 Å². The average Bonchev–Trinajstić information content (AvgIpc) is 2.23. The Bertz CT molecular complexity index is 342. The molecule has 1 N–H and O–H groups in total. The van der Waals surface area contributed by atoms with Crippen LogP contribution in [0, 0.1) is 11.3 Å². The van der Waals surface area contributed by atoms with Gasteiger partial charge in [0.1, 0.15) is 11.6 Å². The molecule has 0 rings (SSSR count). The van der Waals surface area contributed by atoms with Crippen LogP contribution in [0.4, 0.5) is 4.79 Å². The lowest BCUT2D eigenvalue weighted by molar-refractivity contribution is -0.144. The van der Waals surface area contributed by atoms with Crippen molar-refractivity contribution in [3.8, 4) is 0 Å². The number of hydrogen-bond donors (Lipinski definition) is 1. The Morgan fingerprint density at radius 1 is 1.10 bits per heavy atom. The zero-order chi connectivity index (χ0) is 16.1. The fourth-order valence-corrected chi connectivity index (χ4v) is 1.55. The van der Waals surface area contributed by atoms with E-state index in [1.54, 1.807) is 20.8 Å². The zero-order valence-corrected chi connectivity index (χ0v) is 14.0. The maximum atomic E-state index is 11.8. The van der Waals surface area contributed by atoms with Gasteiger partial charge in [0.2, 0.25) is 0 Å². The smallest absolute Gasteiger partial charge is 0.408 e. The normalized spacial score (nSPS) is 13.8. The summed E-state index contributed by atoms with van der Waals surface area (Å²) in [7, 11) is 1.31. The minimum Gasteiger partial charge on any atom is -0.467 e. The summed E-state index contributed by atoms with van der Waals surface area (Å²) in [6.07, 6.45) is -0.108. The molecule has 0 heterocycles. The van der Waals surface area contributed by atoms with E-state index in [-0.39, 0.29) is 5.41 Å². The summed E-state index contributed by atoms with van der Waals surface area (Å²) < 4.78 is 9.94. The van der Waals surface area contributed by atoms with Gasteiger partial charge in [0.25, 0.3) is 0 Å². The number of hydrogen-bond acceptors (Lipinski definition) is 4. The molecule has 0 aromatic heterocycles.